The van der Waals surface area contributed by atoms with Crippen molar-refractivity contribution < 1.29 is 24.2 Å². The van der Waals surface area contributed by atoms with Gasteiger partial charge in [-0.05, 0) is 58.6 Å². The number of aliphatic hydroxyl groups is 1. The molecule has 3 fully saturated rings. The number of anilines is 1. The third-order valence-electron chi connectivity index (χ3n) is 7.90. The first kappa shape index (κ1) is 24.7. The van der Waals surface area contributed by atoms with Crippen LogP contribution in [0.5, 0.6) is 0 Å². The molecule has 1 spiro atoms. The van der Waals surface area contributed by atoms with E-state index in [-0.39, 0.29) is 30.2 Å². The van der Waals surface area contributed by atoms with Crippen LogP contribution in [0.1, 0.15) is 54.4 Å². The number of amides is 3. The van der Waals surface area contributed by atoms with Crippen LogP contribution in [0, 0.1) is 17.8 Å². The second kappa shape index (κ2) is 8.34. The minimum Gasteiger partial charge on any atom is -0.394 e. The predicted molar refractivity (Wildman–Crippen MR) is 128 cm³/mol. The summed E-state index contributed by atoms with van der Waals surface area (Å²) in [6, 6.07) is 7.68. The Morgan fingerprint density at radius 1 is 1.24 bits per heavy atom. The van der Waals surface area contributed by atoms with Crippen LogP contribution in [0.15, 0.2) is 30.3 Å². The highest BCUT2D eigenvalue weighted by Gasteiger charge is 2.80. The highest BCUT2D eigenvalue weighted by molar-refractivity contribution is 6.02. The van der Waals surface area contributed by atoms with Crippen LogP contribution in [-0.2, 0) is 19.1 Å². The predicted octanol–water partition coefficient (Wildman–Crippen LogP) is 2.32. The number of nitrogens with zero attached hydrogens (tertiary/aromatic N) is 1. The van der Waals surface area contributed by atoms with Gasteiger partial charge in [-0.3, -0.25) is 14.4 Å². The van der Waals surface area contributed by atoms with Gasteiger partial charge >= 0.3 is 0 Å². The molecule has 3 unspecified atom stereocenters. The minimum absolute atomic E-state index is 0.0397. The summed E-state index contributed by atoms with van der Waals surface area (Å²) in [5, 5.41) is 16.1. The molecule has 4 rings (SSSR count). The van der Waals surface area contributed by atoms with E-state index >= 15 is 0 Å². The van der Waals surface area contributed by atoms with Gasteiger partial charge in [-0.2, -0.15) is 0 Å². The summed E-state index contributed by atoms with van der Waals surface area (Å²) in [6.07, 6.45) is 0.980. The lowest BCUT2D eigenvalue weighted by atomic mass is 9.62. The van der Waals surface area contributed by atoms with Crippen molar-refractivity contribution in [3.8, 4) is 0 Å². The number of nitrogens with one attached hydrogen (secondary N) is 2. The second-order valence-corrected chi connectivity index (χ2v) is 11.3. The summed E-state index contributed by atoms with van der Waals surface area (Å²) < 4.78 is 6.68. The zero-order chi connectivity index (χ0) is 25.1. The van der Waals surface area contributed by atoms with Gasteiger partial charge in [0, 0.05) is 11.2 Å². The quantitative estimate of drug-likeness (QED) is 0.590. The maximum absolute atomic E-state index is 14.0. The van der Waals surface area contributed by atoms with Crippen LogP contribution < -0.4 is 10.6 Å². The molecular weight excluding hydrogens is 434 g/mol. The van der Waals surface area contributed by atoms with E-state index in [2.05, 4.69) is 10.6 Å². The van der Waals surface area contributed by atoms with E-state index in [0.29, 0.717) is 18.5 Å². The standard InChI is InChI=1S/C26H37N3O5/c1-7-17(14-30)29-20(22(32)28-24(3,4)5)26-13-15(2)25(6,34-26)18(19(26)23(29)33)21(31)27-16-11-9-8-10-12-16/h8-12,15,17-20,30H,7,13-14H2,1-6H3,(H,27,31)(H,28,32)/t15?,17-,18+,19-,20?,25-,26?/m0/s1. The zero-order valence-corrected chi connectivity index (χ0v) is 20.9. The van der Waals surface area contributed by atoms with E-state index in [0.717, 1.165) is 0 Å². The van der Waals surface area contributed by atoms with E-state index in [4.69, 9.17) is 4.74 Å². The van der Waals surface area contributed by atoms with Gasteiger partial charge in [0.1, 0.15) is 11.6 Å². The monoisotopic (exact) mass is 471 g/mol. The lowest BCUT2D eigenvalue weighted by Gasteiger charge is -2.38. The molecule has 3 heterocycles. The Balaban J connectivity index is 1.79. The fourth-order valence-corrected chi connectivity index (χ4v) is 6.36. The molecule has 3 aliphatic heterocycles. The average Bonchev–Trinajstić information content (AvgIpc) is 3.26. The summed E-state index contributed by atoms with van der Waals surface area (Å²) >= 11 is 0. The molecule has 0 aliphatic carbocycles. The highest BCUT2D eigenvalue weighted by atomic mass is 16.5. The number of likely N-dealkylation sites (tertiary alicyclic amines) is 1. The molecule has 0 radical (unpaired) electrons. The molecule has 8 heteroatoms. The number of carbonyl (C=O) groups excluding carboxylic acids is 3. The van der Waals surface area contributed by atoms with Gasteiger partial charge in [-0.1, -0.05) is 32.0 Å². The summed E-state index contributed by atoms with van der Waals surface area (Å²) in [5.41, 5.74) is -1.88. The van der Waals surface area contributed by atoms with E-state index in [9.17, 15) is 19.5 Å². The zero-order valence-electron chi connectivity index (χ0n) is 20.9. The minimum atomic E-state index is -1.12. The number of hydrogen-bond acceptors (Lipinski definition) is 5. The molecule has 0 aromatic heterocycles. The molecule has 186 valence electrons. The molecular formula is C26H37N3O5. The van der Waals surface area contributed by atoms with E-state index in [1.165, 1.54) is 4.90 Å². The summed E-state index contributed by atoms with van der Waals surface area (Å²) in [4.78, 5) is 42.8. The maximum Gasteiger partial charge on any atom is 0.246 e. The first-order valence-electron chi connectivity index (χ1n) is 12.2. The lowest BCUT2D eigenvalue weighted by molar-refractivity contribution is -0.150. The number of ether oxygens (including phenoxy) is 1. The fraction of sp³-hybridized carbons (Fsp3) is 0.654. The molecule has 3 N–H and O–H groups in total. The number of rotatable bonds is 6. The number of aliphatic hydroxyl groups excluding tert-OH is 1. The fourth-order valence-electron chi connectivity index (χ4n) is 6.36. The number of fused-ring (bicyclic) bond motifs is 1. The maximum atomic E-state index is 14.0. The van der Waals surface area contributed by atoms with Gasteiger partial charge < -0.3 is 25.4 Å². The molecule has 2 bridgehead atoms. The van der Waals surface area contributed by atoms with Gasteiger partial charge in [0.15, 0.2) is 0 Å². The molecule has 7 atom stereocenters. The molecule has 1 aromatic rings. The van der Waals surface area contributed by atoms with Crippen molar-refractivity contribution in [2.24, 2.45) is 17.8 Å². The van der Waals surface area contributed by atoms with Crippen LogP contribution in [0.2, 0.25) is 0 Å². The Labute approximate surface area is 201 Å². The van der Waals surface area contributed by atoms with Crippen molar-refractivity contribution in [3.05, 3.63) is 30.3 Å². The Bertz CT molecular complexity index is 972. The number of para-hydroxylation sites is 1. The van der Waals surface area contributed by atoms with Gasteiger partial charge in [0.25, 0.3) is 0 Å². The largest absolute Gasteiger partial charge is 0.394 e. The lowest BCUT2D eigenvalue weighted by Crippen LogP contribution is -2.60. The van der Waals surface area contributed by atoms with Gasteiger partial charge in [-0.25, -0.2) is 0 Å². The van der Waals surface area contributed by atoms with Crippen molar-refractivity contribution in [3.63, 3.8) is 0 Å². The van der Waals surface area contributed by atoms with Gasteiger partial charge in [0.05, 0.1) is 30.1 Å². The summed E-state index contributed by atoms with van der Waals surface area (Å²) in [7, 11) is 0. The van der Waals surface area contributed by atoms with Crippen molar-refractivity contribution in [2.45, 2.75) is 83.2 Å². The van der Waals surface area contributed by atoms with E-state index in [1.54, 1.807) is 12.1 Å². The van der Waals surface area contributed by atoms with Crippen LogP contribution in [0.4, 0.5) is 5.69 Å². The molecule has 3 saturated heterocycles. The van der Waals surface area contributed by atoms with Crippen molar-refractivity contribution in [1.82, 2.24) is 10.2 Å². The van der Waals surface area contributed by atoms with Crippen molar-refractivity contribution >= 4 is 23.4 Å². The molecule has 1 aromatic carbocycles. The summed E-state index contributed by atoms with van der Waals surface area (Å²) in [6.45, 7) is 11.2. The van der Waals surface area contributed by atoms with Gasteiger partial charge in [-0.15, -0.1) is 0 Å². The Morgan fingerprint density at radius 3 is 2.44 bits per heavy atom. The molecule has 3 amide bonds. The number of hydrogen-bond donors (Lipinski definition) is 3. The topological polar surface area (TPSA) is 108 Å². The Morgan fingerprint density at radius 2 is 1.88 bits per heavy atom. The number of carbonyl (C=O) groups is 3. The molecule has 8 nitrogen and oxygen atoms in total. The smallest absolute Gasteiger partial charge is 0.246 e. The Hall–Kier alpha value is -2.45. The highest BCUT2D eigenvalue weighted by Crippen LogP contribution is 2.65. The van der Waals surface area contributed by atoms with Gasteiger partial charge in [0.2, 0.25) is 17.7 Å². The number of benzene rings is 1. The third-order valence-corrected chi connectivity index (χ3v) is 7.90. The first-order valence-corrected chi connectivity index (χ1v) is 12.2. The normalized spacial score (nSPS) is 35.3. The molecule has 34 heavy (non-hydrogen) atoms. The molecule has 3 aliphatic rings. The van der Waals surface area contributed by atoms with Crippen LogP contribution >= 0.6 is 0 Å². The average molecular weight is 472 g/mol. The van der Waals surface area contributed by atoms with Crippen LogP contribution in [-0.4, -0.2) is 63.2 Å². The van der Waals surface area contributed by atoms with Crippen molar-refractivity contribution in [1.29, 1.82) is 0 Å². The third kappa shape index (κ3) is 3.62. The molecule has 0 saturated carbocycles. The van der Waals surface area contributed by atoms with Crippen LogP contribution in [0.3, 0.4) is 0 Å². The Kier molecular flexibility index (Phi) is 6.05. The van der Waals surface area contributed by atoms with E-state index < -0.39 is 40.7 Å². The first-order chi connectivity index (χ1) is 15.9. The second-order valence-electron chi connectivity index (χ2n) is 11.3. The summed E-state index contributed by atoms with van der Waals surface area (Å²) in [5.74, 6) is -2.48. The van der Waals surface area contributed by atoms with Crippen LogP contribution in [0.25, 0.3) is 0 Å². The van der Waals surface area contributed by atoms with Crippen molar-refractivity contribution in [2.75, 3.05) is 11.9 Å². The SMILES string of the molecule is CC[C@@H](CO)N1C(=O)[C@@H]2[C@H](C(=O)Nc3ccccc3)[C@@]3(C)OC2(CC3C)C1C(=O)NC(C)(C)C. The van der Waals surface area contributed by atoms with E-state index in [1.807, 2.05) is 59.7 Å².